The van der Waals surface area contributed by atoms with Gasteiger partial charge in [0.05, 0.1) is 16.5 Å². The van der Waals surface area contributed by atoms with E-state index in [0.29, 0.717) is 16.7 Å². The summed E-state index contributed by atoms with van der Waals surface area (Å²) in [5.41, 5.74) is -0.211. The molecule has 1 rings (SSSR count). The fourth-order valence-electron chi connectivity index (χ4n) is 1.04. The number of methoxy groups -OCH3 is 1. The molecule has 6 nitrogen and oxygen atoms in total. The molecular formula is C9H12IN3O3. The van der Waals surface area contributed by atoms with E-state index in [1.54, 1.807) is 7.11 Å². The summed E-state index contributed by atoms with van der Waals surface area (Å²) < 4.78 is 6.55. The van der Waals surface area contributed by atoms with Crippen LogP contribution in [0.1, 0.15) is 0 Å². The summed E-state index contributed by atoms with van der Waals surface area (Å²) in [4.78, 5) is 26.8. The number of hydrogen-bond acceptors (Lipinski definition) is 4. The lowest BCUT2D eigenvalue weighted by Gasteiger charge is -2.06. The smallest absolute Gasteiger partial charge is 0.267 e. The minimum atomic E-state index is -0.233. The molecule has 0 saturated carbocycles. The van der Waals surface area contributed by atoms with Crippen molar-refractivity contribution in [2.24, 2.45) is 0 Å². The Hall–Kier alpha value is -0.960. The fourth-order valence-corrected chi connectivity index (χ4v) is 1.51. The lowest BCUT2D eigenvalue weighted by molar-refractivity contribution is -0.121. The van der Waals surface area contributed by atoms with Crippen LogP contribution in [0, 0.1) is 3.57 Å². The first kappa shape index (κ1) is 13.1. The van der Waals surface area contributed by atoms with Gasteiger partial charge in [-0.2, -0.15) is 0 Å². The van der Waals surface area contributed by atoms with Crippen molar-refractivity contribution in [1.82, 2.24) is 14.9 Å². The van der Waals surface area contributed by atoms with E-state index >= 15 is 0 Å². The van der Waals surface area contributed by atoms with Crippen LogP contribution in [-0.4, -0.2) is 35.7 Å². The Kier molecular flexibility index (Phi) is 5.39. The molecule has 88 valence electrons. The zero-order valence-electron chi connectivity index (χ0n) is 8.77. The summed E-state index contributed by atoms with van der Waals surface area (Å²) in [5.74, 6) is -0.233. The molecule has 1 N–H and O–H groups in total. The third kappa shape index (κ3) is 3.89. The molecule has 0 aliphatic rings. The Morgan fingerprint density at radius 3 is 3.12 bits per heavy atom. The Labute approximate surface area is 106 Å². The van der Waals surface area contributed by atoms with E-state index in [4.69, 9.17) is 4.74 Å². The number of carbonyl (C=O) groups is 1. The SMILES string of the molecule is COCCNC(=O)Cn1cncc(I)c1=O. The molecule has 0 spiro atoms. The second-order valence-electron chi connectivity index (χ2n) is 3.02. The third-order valence-electron chi connectivity index (χ3n) is 1.80. The number of halogens is 1. The number of carbonyl (C=O) groups excluding carboxylic acids is 1. The van der Waals surface area contributed by atoms with Gasteiger partial charge in [-0.3, -0.25) is 14.2 Å². The average molecular weight is 337 g/mol. The molecule has 1 aromatic heterocycles. The highest BCUT2D eigenvalue weighted by Gasteiger charge is 2.05. The van der Waals surface area contributed by atoms with Crippen LogP contribution in [0.2, 0.25) is 0 Å². The first-order valence-corrected chi connectivity index (χ1v) is 5.68. The lowest BCUT2D eigenvalue weighted by atomic mass is 10.5. The quantitative estimate of drug-likeness (QED) is 0.587. The maximum absolute atomic E-state index is 11.5. The molecule has 0 aliphatic carbocycles. The zero-order valence-corrected chi connectivity index (χ0v) is 10.9. The molecule has 16 heavy (non-hydrogen) atoms. The Morgan fingerprint density at radius 1 is 1.69 bits per heavy atom. The number of nitrogens with zero attached hydrogens (tertiary/aromatic N) is 2. The van der Waals surface area contributed by atoms with Crippen LogP contribution in [0.25, 0.3) is 0 Å². The van der Waals surface area contributed by atoms with Crippen molar-refractivity contribution < 1.29 is 9.53 Å². The molecule has 1 aromatic rings. The second-order valence-corrected chi connectivity index (χ2v) is 4.18. The predicted octanol–water partition coefficient (Wildman–Crippen LogP) is -0.389. The number of rotatable bonds is 5. The van der Waals surface area contributed by atoms with Gasteiger partial charge in [0.15, 0.2) is 0 Å². The predicted molar refractivity (Wildman–Crippen MR) is 66.1 cm³/mol. The van der Waals surface area contributed by atoms with Gasteiger partial charge in [-0.05, 0) is 22.6 Å². The van der Waals surface area contributed by atoms with Gasteiger partial charge in [0, 0.05) is 19.9 Å². The summed E-state index contributed by atoms with van der Waals surface area (Å²) in [7, 11) is 1.56. The number of ether oxygens (including phenoxy) is 1. The normalized spacial score (nSPS) is 10.1. The van der Waals surface area contributed by atoms with Crippen LogP contribution in [-0.2, 0) is 16.1 Å². The summed E-state index contributed by atoms with van der Waals surface area (Å²) in [5, 5.41) is 2.62. The minimum Gasteiger partial charge on any atom is -0.383 e. The van der Waals surface area contributed by atoms with Gasteiger partial charge in [0.1, 0.15) is 6.54 Å². The summed E-state index contributed by atoms with van der Waals surface area (Å²) >= 11 is 1.88. The van der Waals surface area contributed by atoms with Crippen LogP contribution in [0.4, 0.5) is 0 Å². The van der Waals surface area contributed by atoms with Crippen molar-refractivity contribution in [2.75, 3.05) is 20.3 Å². The van der Waals surface area contributed by atoms with Crippen molar-refractivity contribution in [3.63, 3.8) is 0 Å². The molecule has 1 amide bonds. The van der Waals surface area contributed by atoms with Crippen LogP contribution in [0.5, 0.6) is 0 Å². The molecule has 0 aliphatic heterocycles. The minimum absolute atomic E-state index is 0.0214. The van der Waals surface area contributed by atoms with Gasteiger partial charge in [0.2, 0.25) is 5.91 Å². The van der Waals surface area contributed by atoms with Crippen molar-refractivity contribution in [3.8, 4) is 0 Å². The molecule has 0 unspecified atom stereocenters. The van der Waals surface area contributed by atoms with Gasteiger partial charge in [-0.25, -0.2) is 4.98 Å². The number of nitrogens with one attached hydrogen (secondary N) is 1. The molecule has 0 aromatic carbocycles. The van der Waals surface area contributed by atoms with Crippen LogP contribution >= 0.6 is 22.6 Å². The molecular weight excluding hydrogens is 325 g/mol. The van der Waals surface area contributed by atoms with Crippen molar-refractivity contribution in [3.05, 3.63) is 26.4 Å². The largest absolute Gasteiger partial charge is 0.383 e. The second kappa shape index (κ2) is 6.59. The number of aromatic nitrogens is 2. The van der Waals surface area contributed by atoms with Gasteiger partial charge in [-0.1, -0.05) is 0 Å². The summed E-state index contributed by atoms with van der Waals surface area (Å²) in [6.07, 6.45) is 2.81. The van der Waals surface area contributed by atoms with Gasteiger partial charge >= 0.3 is 0 Å². The van der Waals surface area contributed by atoms with Crippen LogP contribution in [0.3, 0.4) is 0 Å². The van der Waals surface area contributed by atoms with E-state index in [9.17, 15) is 9.59 Å². The molecule has 0 bridgehead atoms. The average Bonchev–Trinajstić information content (AvgIpc) is 2.25. The van der Waals surface area contributed by atoms with Gasteiger partial charge in [0.25, 0.3) is 5.56 Å². The third-order valence-corrected chi connectivity index (χ3v) is 2.54. The summed E-state index contributed by atoms with van der Waals surface area (Å²) in [6.45, 7) is 0.860. The van der Waals surface area contributed by atoms with E-state index in [0.717, 1.165) is 0 Å². The van der Waals surface area contributed by atoms with Crippen molar-refractivity contribution in [1.29, 1.82) is 0 Å². The van der Waals surface area contributed by atoms with E-state index in [-0.39, 0.29) is 18.0 Å². The molecule has 0 radical (unpaired) electrons. The Morgan fingerprint density at radius 2 is 2.44 bits per heavy atom. The highest BCUT2D eigenvalue weighted by atomic mass is 127. The van der Waals surface area contributed by atoms with Gasteiger partial charge in [-0.15, -0.1) is 0 Å². The topological polar surface area (TPSA) is 73.2 Å². The first-order valence-electron chi connectivity index (χ1n) is 4.60. The molecule has 0 saturated heterocycles. The molecule has 7 heteroatoms. The van der Waals surface area contributed by atoms with Gasteiger partial charge < -0.3 is 10.1 Å². The molecule has 1 heterocycles. The van der Waals surface area contributed by atoms with Crippen LogP contribution < -0.4 is 10.9 Å². The summed E-state index contributed by atoms with van der Waals surface area (Å²) in [6, 6.07) is 0. The van der Waals surface area contributed by atoms with E-state index in [2.05, 4.69) is 10.3 Å². The standard InChI is InChI=1S/C9H12IN3O3/c1-16-3-2-12-8(14)5-13-6-11-4-7(10)9(13)15/h4,6H,2-3,5H2,1H3,(H,12,14). The maximum atomic E-state index is 11.5. The lowest BCUT2D eigenvalue weighted by Crippen LogP contribution is -2.34. The van der Waals surface area contributed by atoms with E-state index in [1.807, 2.05) is 22.6 Å². The van der Waals surface area contributed by atoms with Crippen molar-refractivity contribution in [2.45, 2.75) is 6.54 Å². The fraction of sp³-hybridized carbons (Fsp3) is 0.444. The molecule has 0 fully saturated rings. The van der Waals surface area contributed by atoms with E-state index < -0.39 is 0 Å². The zero-order chi connectivity index (χ0) is 12.0. The maximum Gasteiger partial charge on any atom is 0.267 e. The first-order chi connectivity index (χ1) is 7.65. The Balaban J connectivity index is 2.56. The monoisotopic (exact) mass is 337 g/mol. The molecule has 0 atom stereocenters. The van der Waals surface area contributed by atoms with Crippen molar-refractivity contribution >= 4 is 28.5 Å². The highest BCUT2D eigenvalue weighted by Crippen LogP contribution is 1.92. The highest BCUT2D eigenvalue weighted by molar-refractivity contribution is 14.1. The van der Waals surface area contributed by atoms with E-state index in [1.165, 1.54) is 17.1 Å². The van der Waals surface area contributed by atoms with Crippen LogP contribution in [0.15, 0.2) is 17.3 Å². The Bertz CT molecular complexity index is 419. The number of hydrogen-bond donors (Lipinski definition) is 1. The number of amides is 1.